The maximum absolute atomic E-state index is 12.9. The smallest absolute Gasteiger partial charge is 0.462 e. The highest BCUT2D eigenvalue weighted by atomic mass is 31.2. The molecule has 0 fully saturated rings. The molecule has 2 unspecified atom stereocenters. The average molecular weight is 1190 g/mol. The van der Waals surface area contributed by atoms with Crippen molar-refractivity contribution in [3.63, 3.8) is 0 Å². The van der Waals surface area contributed by atoms with Crippen LogP contribution in [0.2, 0.25) is 0 Å². The molecule has 0 aliphatic heterocycles. The molecule has 3 N–H and O–H groups in total. The van der Waals surface area contributed by atoms with Crippen molar-refractivity contribution in [2.45, 2.75) is 305 Å². The number of hydrogen-bond donors (Lipinski definition) is 3. The number of aliphatic hydroxyl groups is 1. The molecule has 0 heterocycles. The Kier molecular flexibility index (Phi) is 50.2. The first kappa shape index (κ1) is 78.1. The first-order chi connectivity index (χ1) is 38.1. The molecule has 17 nitrogen and oxygen atoms in total. The molecule has 0 rings (SSSR count). The first-order valence-corrected chi connectivity index (χ1v) is 34.7. The summed E-state index contributed by atoms with van der Waals surface area (Å²) >= 11 is 0. The Morgan fingerprint density at radius 3 is 0.775 bits per heavy atom. The van der Waals surface area contributed by atoms with E-state index in [4.69, 9.17) is 37.0 Å². The lowest BCUT2D eigenvalue weighted by Gasteiger charge is -2.21. The van der Waals surface area contributed by atoms with Crippen LogP contribution in [-0.2, 0) is 65.4 Å². The number of aliphatic hydroxyl groups excluding tert-OH is 1. The second-order valence-corrected chi connectivity index (χ2v) is 26.9. The summed E-state index contributed by atoms with van der Waals surface area (Å²) in [5, 5.41) is 10.5. The minimum absolute atomic E-state index is 0.101. The third kappa shape index (κ3) is 55.3. The van der Waals surface area contributed by atoms with Crippen molar-refractivity contribution in [1.29, 1.82) is 0 Å². The van der Waals surface area contributed by atoms with E-state index in [9.17, 15) is 43.2 Å². The summed E-state index contributed by atoms with van der Waals surface area (Å²) in [7, 11) is -9.88. The van der Waals surface area contributed by atoms with Crippen molar-refractivity contribution in [3.05, 3.63) is 0 Å². The lowest BCUT2D eigenvalue weighted by Crippen LogP contribution is -2.30. The first-order valence-electron chi connectivity index (χ1n) is 31.7. The molecule has 0 aliphatic rings. The van der Waals surface area contributed by atoms with Crippen LogP contribution in [-0.4, -0.2) is 96.7 Å². The quantitative estimate of drug-likeness (QED) is 0.0222. The van der Waals surface area contributed by atoms with Gasteiger partial charge in [-0.15, -0.1) is 0 Å². The molecule has 474 valence electrons. The summed E-state index contributed by atoms with van der Waals surface area (Å²) in [4.78, 5) is 72.0. The maximum atomic E-state index is 12.9. The Morgan fingerprint density at radius 2 is 0.525 bits per heavy atom. The Bertz CT molecular complexity index is 1610. The van der Waals surface area contributed by atoms with Crippen molar-refractivity contribution < 1.29 is 80.2 Å². The van der Waals surface area contributed by atoms with Crippen LogP contribution in [0, 0.1) is 23.7 Å². The minimum atomic E-state index is -4.94. The van der Waals surface area contributed by atoms with Gasteiger partial charge in [-0.1, -0.05) is 235 Å². The predicted octanol–water partition coefficient (Wildman–Crippen LogP) is 16.2. The zero-order valence-corrected chi connectivity index (χ0v) is 53.5. The van der Waals surface area contributed by atoms with Gasteiger partial charge in [-0.2, -0.15) is 0 Å². The minimum Gasteiger partial charge on any atom is -0.462 e. The van der Waals surface area contributed by atoms with E-state index >= 15 is 0 Å². The fourth-order valence-corrected chi connectivity index (χ4v) is 10.5. The van der Waals surface area contributed by atoms with E-state index in [2.05, 4.69) is 55.4 Å². The van der Waals surface area contributed by atoms with Gasteiger partial charge < -0.3 is 33.8 Å². The molecule has 0 radical (unpaired) electrons. The van der Waals surface area contributed by atoms with Crippen LogP contribution in [0.3, 0.4) is 0 Å². The van der Waals surface area contributed by atoms with Gasteiger partial charge in [0.25, 0.3) is 0 Å². The molecular formula is C61H118O17P2. The Balaban J connectivity index is 5.25. The summed E-state index contributed by atoms with van der Waals surface area (Å²) in [6, 6.07) is 0. The van der Waals surface area contributed by atoms with Gasteiger partial charge in [0.1, 0.15) is 19.3 Å². The molecule has 0 amide bonds. The number of carbonyl (C=O) groups excluding carboxylic acids is 4. The number of rotatable bonds is 58. The molecule has 5 atom stereocenters. The monoisotopic (exact) mass is 1180 g/mol. The normalized spacial score (nSPS) is 14.5. The molecule has 80 heavy (non-hydrogen) atoms. The van der Waals surface area contributed by atoms with Crippen LogP contribution in [0.1, 0.15) is 287 Å². The van der Waals surface area contributed by atoms with Gasteiger partial charge in [0.05, 0.1) is 26.4 Å². The number of carbonyl (C=O) groups is 4. The molecular weight excluding hydrogens is 1070 g/mol. The van der Waals surface area contributed by atoms with Gasteiger partial charge in [0, 0.05) is 25.7 Å². The van der Waals surface area contributed by atoms with E-state index in [1.807, 2.05) is 0 Å². The van der Waals surface area contributed by atoms with E-state index in [-0.39, 0.29) is 25.7 Å². The molecule has 0 aliphatic carbocycles. The van der Waals surface area contributed by atoms with E-state index in [0.29, 0.717) is 43.4 Å². The fourth-order valence-electron chi connectivity index (χ4n) is 8.90. The van der Waals surface area contributed by atoms with Gasteiger partial charge in [-0.3, -0.25) is 37.3 Å². The van der Waals surface area contributed by atoms with Crippen molar-refractivity contribution in [3.8, 4) is 0 Å². The molecule has 0 aromatic rings. The summed E-state index contributed by atoms with van der Waals surface area (Å²) in [5.74, 6) is 0.643. The number of ether oxygens (including phenoxy) is 4. The van der Waals surface area contributed by atoms with Gasteiger partial charge >= 0.3 is 39.5 Å². The zero-order chi connectivity index (χ0) is 59.7. The summed E-state index contributed by atoms with van der Waals surface area (Å²) in [5.41, 5.74) is 0. The third-order valence-electron chi connectivity index (χ3n) is 13.8. The summed E-state index contributed by atoms with van der Waals surface area (Å²) in [6.07, 6.45) is 29.8. The van der Waals surface area contributed by atoms with Crippen molar-refractivity contribution >= 4 is 39.5 Å². The Hall–Kier alpha value is -1.94. The molecule has 0 aromatic carbocycles. The molecule has 0 saturated carbocycles. The number of phosphoric acid groups is 2. The lowest BCUT2D eigenvalue weighted by molar-refractivity contribution is -0.161. The average Bonchev–Trinajstić information content (AvgIpc) is 3.39. The SMILES string of the molecule is CC(C)CCCCCCCCCCCC(=O)O[C@H](COC(=O)CCCCCCCCC(C)C)COP(=O)(O)OC[C@H](O)COP(=O)(O)OC[C@@H](COC(=O)CCCCCCCCC(C)C)OC(=O)CCCCCCCCCC(C)C. The van der Waals surface area contributed by atoms with E-state index < -0.39 is 97.5 Å². The fraction of sp³-hybridized carbons (Fsp3) is 0.934. The van der Waals surface area contributed by atoms with E-state index in [1.54, 1.807) is 0 Å². The van der Waals surface area contributed by atoms with Crippen LogP contribution in [0.15, 0.2) is 0 Å². The van der Waals surface area contributed by atoms with E-state index in [0.717, 1.165) is 109 Å². The number of unbranched alkanes of at least 4 members (excludes halogenated alkanes) is 24. The van der Waals surface area contributed by atoms with Crippen LogP contribution in [0.5, 0.6) is 0 Å². The highest BCUT2D eigenvalue weighted by Gasteiger charge is 2.30. The molecule has 0 aromatic heterocycles. The van der Waals surface area contributed by atoms with Crippen LogP contribution >= 0.6 is 15.6 Å². The largest absolute Gasteiger partial charge is 0.472 e. The van der Waals surface area contributed by atoms with Crippen LogP contribution in [0.4, 0.5) is 0 Å². The van der Waals surface area contributed by atoms with Crippen LogP contribution < -0.4 is 0 Å². The summed E-state index contributed by atoms with van der Waals surface area (Å²) < 4.78 is 67.8. The molecule has 0 bridgehead atoms. The Morgan fingerprint density at radius 1 is 0.312 bits per heavy atom. The standard InChI is InChI=1S/C61H118O17P2/c1-51(2)37-29-21-13-10-9-11-15-27-35-43-60(65)77-56(47-71-58(63)41-33-25-19-17-23-31-39-53(5)6)49-75-79(67,68)73-45-55(62)46-74-80(69,70)76-50-57(48-72-59(64)42-34-26-20-18-24-32-40-54(7)8)78-61(66)44-36-28-16-12-14-22-30-38-52(3)4/h51-57,62H,9-50H2,1-8H3,(H,67,68)(H,69,70)/t55-,56+,57+/m0/s1. The topological polar surface area (TPSA) is 237 Å². The molecule has 19 heteroatoms. The molecule has 0 spiro atoms. The predicted molar refractivity (Wildman–Crippen MR) is 317 cm³/mol. The second-order valence-electron chi connectivity index (χ2n) is 24.0. The number of phosphoric ester groups is 2. The van der Waals surface area contributed by atoms with Crippen molar-refractivity contribution in [1.82, 2.24) is 0 Å². The molecule has 0 saturated heterocycles. The second kappa shape index (κ2) is 51.5. The number of esters is 4. The van der Waals surface area contributed by atoms with Gasteiger partial charge in [0.2, 0.25) is 0 Å². The van der Waals surface area contributed by atoms with Crippen LogP contribution in [0.25, 0.3) is 0 Å². The zero-order valence-electron chi connectivity index (χ0n) is 51.7. The van der Waals surface area contributed by atoms with Gasteiger partial charge in [0.15, 0.2) is 12.2 Å². The van der Waals surface area contributed by atoms with Gasteiger partial charge in [-0.05, 0) is 49.4 Å². The highest BCUT2D eigenvalue weighted by molar-refractivity contribution is 7.47. The summed E-state index contributed by atoms with van der Waals surface area (Å²) in [6.45, 7) is 13.8. The van der Waals surface area contributed by atoms with E-state index in [1.165, 1.54) is 77.0 Å². The third-order valence-corrected chi connectivity index (χ3v) is 15.7. The van der Waals surface area contributed by atoms with Gasteiger partial charge in [-0.25, -0.2) is 9.13 Å². The Labute approximate surface area is 486 Å². The van der Waals surface area contributed by atoms with Crippen molar-refractivity contribution in [2.75, 3.05) is 39.6 Å². The highest BCUT2D eigenvalue weighted by Crippen LogP contribution is 2.45. The number of hydrogen-bond acceptors (Lipinski definition) is 15. The maximum Gasteiger partial charge on any atom is 0.472 e. The lowest BCUT2D eigenvalue weighted by atomic mass is 10.0. The van der Waals surface area contributed by atoms with Crippen molar-refractivity contribution in [2.24, 2.45) is 23.7 Å².